The molecule has 0 radical (unpaired) electrons. The van der Waals surface area contributed by atoms with Crippen molar-refractivity contribution < 1.29 is 13.9 Å². The Balaban J connectivity index is 1.85. The summed E-state index contributed by atoms with van der Waals surface area (Å²) in [7, 11) is 1.78. The van der Waals surface area contributed by atoms with Crippen LogP contribution < -0.4 is 9.80 Å². The number of hydrogen-bond donors (Lipinski definition) is 0. The van der Waals surface area contributed by atoms with Crippen LogP contribution in [0.25, 0.3) is 22.0 Å². The van der Waals surface area contributed by atoms with Crippen LogP contribution in [0.2, 0.25) is 0 Å². The van der Waals surface area contributed by atoms with Crippen LogP contribution in [-0.4, -0.2) is 49.2 Å². The predicted molar refractivity (Wildman–Crippen MR) is 89.8 cm³/mol. The van der Waals surface area contributed by atoms with Crippen LogP contribution in [0.15, 0.2) is 16.5 Å². The lowest BCUT2D eigenvalue weighted by Gasteiger charge is -2.28. The fourth-order valence-corrected chi connectivity index (χ4v) is 3.55. The molecule has 0 aliphatic carbocycles. The molecule has 4 heterocycles. The molecular formula is C17H16N4O3. The summed E-state index contributed by atoms with van der Waals surface area (Å²) in [5.41, 5.74) is 3.62. The zero-order valence-electron chi connectivity index (χ0n) is 13.5. The molecule has 2 aliphatic heterocycles. The van der Waals surface area contributed by atoms with Gasteiger partial charge in [-0.05, 0) is 6.07 Å². The van der Waals surface area contributed by atoms with E-state index in [1.807, 2.05) is 19.1 Å². The molecule has 2 aromatic heterocycles. The number of anilines is 2. The number of rotatable bonds is 1. The van der Waals surface area contributed by atoms with Crippen LogP contribution in [-0.2, 0) is 4.74 Å². The highest BCUT2D eigenvalue weighted by molar-refractivity contribution is 6.28. The van der Waals surface area contributed by atoms with E-state index in [9.17, 15) is 4.79 Å². The maximum absolute atomic E-state index is 12.7. The van der Waals surface area contributed by atoms with Crippen LogP contribution in [0, 0.1) is 6.92 Å². The number of carbonyl (C=O) groups is 1. The zero-order chi connectivity index (χ0) is 16.4. The van der Waals surface area contributed by atoms with Gasteiger partial charge < -0.3 is 19.0 Å². The van der Waals surface area contributed by atoms with Gasteiger partial charge in [-0.25, -0.2) is 9.97 Å². The number of carbonyl (C=O) groups excluding carboxylic acids is 1. The summed E-state index contributed by atoms with van der Waals surface area (Å²) in [6.07, 6.45) is 0. The number of hydrogen-bond acceptors (Lipinski definition) is 6. The first kappa shape index (κ1) is 13.7. The largest absolute Gasteiger partial charge is 0.441 e. The van der Waals surface area contributed by atoms with Crippen molar-refractivity contribution >= 4 is 39.4 Å². The molecule has 0 bridgehead atoms. The zero-order valence-corrected chi connectivity index (χ0v) is 13.5. The van der Waals surface area contributed by atoms with E-state index >= 15 is 0 Å². The molecule has 0 unspecified atom stereocenters. The molecule has 2 aliphatic rings. The minimum atomic E-state index is -0.0173. The van der Waals surface area contributed by atoms with Gasteiger partial charge in [0, 0.05) is 38.5 Å². The van der Waals surface area contributed by atoms with E-state index < -0.39 is 0 Å². The summed E-state index contributed by atoms with van der Waals surface area (Å²) in [5.74, 6) is 1.37. The Kier molecular flexibility index (Phi) is 2.67. The molecule has 7 nitrogen and oxygen atoms in total. The number of benzene rings is 1. The van der Waals surface area contributed by atoms with Gasteiger partial charge in [0.25, 0.3) is 5.91 Å². The normalized spacial score (nSPS) is 17.5. The van der Waals surface area contributed by atoms with Gasteiger partial charge in [0.2, 0.25) is 0 Å². The number of morpholine rings is 1. The van der Waals surface area contributed by atoms with Crippen LogP contribution in [0.1, 0.15) is 16.2 Å². The second-order valence-corrected chi connectivity index (χ2v) is 6.19. The number of pyridine rings is 1. The first-order chi connectivity index (χ1) is 11.6. The Hall–Kier alpha value is -2.67. The third kappa shape index (κ3) is 1.73. The summed E-state index contributed by atoms with van der Waals surface area (Å²) in [5, 5.41) is 0.861. The highest BCUT2D eigenvalue weighted by Crippen LogP contribution is 2.41. The van der Waals surface area contributed by atoms with E-state index in [0.717, 1.165) is 35.5 Å². The lowest BCUT2D eigenvalue weighted by Crippen LogP contribution is -2.36. The monoisotopic (exact) mass is 324 g/mol. The summed E-state index contributed by atoms with van der Waals surface area (Å²) < 4.78 is 11.1. The molecule has 0 spiro atoms. The number of aromatic nitrogens is 2. The van der Waals surface area contributed by atoms with Gasteiger partial charge in [-0.15, -0.1) is 0 Å². The lowest BCUT2D eigenvalue weighted by molar-refractivity contribution is 0.0999. The Morgan fingerprint density at radius 2 is 1.92 bits per heavy atom. The van der Waals surface area contributed by atoms with E-state index in [-0.39, 0.29) is 5.91 Å². The maximum Gasteiger partial charge on any atom is 0.258 e. The van der Waals surface area contributed by atoms with Gasteiger partial charge in [-0.3, -0.25) is 4.79 Å². The quantitative estimate of drug-likeness (QED) is 0.683. The molecule has 0 N–H and O–H groups in total. The van der Waals surface area contributed by atoms with Crippen LogP contribution >= 0.6 is 0 Å². The molecule has 1 amide bonds. The van der Waals surface area contributed by atoms with Crippen molar-refractivity contribution in [1.29, 1.82) is 0 Å². The predicted octanol–water partition coefficient (Wildman–Crippen LogP) is 2.11. The fourth-order valence-electron chi connectivity index (χ4n) is 3.55. The summed E-state index contributed by atoms with van der Waals surface area (Å²) in [6, 6.07) is 3.77. The van der Waals surface area contributed by atoms with Crippen molar-refractivity contribution in [3.05, 3.63) is 23.6 Å². The van der Waals surface area contributed by atoms with Gasteiger partial charge in [-0.2, -0.15) is 0 Å². The van der Waals surface area contributed by atoms with Gasteiger partial charge >= 0.3 is 0 Å². The number of oxazole rings is 1. The SMILES string of the molecule is Cc1nc2c(cc3c4c(cc(N5CCOCC5)nc42)C(=O)N3C)o1. The summed E-state index contributed by atoms with van der Waals surface area (Å²) in [4.78, 5) is 25.8. The van der Waals surface area contributed by atoms with Crippen molar-refractivity contribution in [3.8, 4) is 0 Å². The first-order valence-electron chi connectivity index (χ1n) is 7.99. The third-order valence-corrected chi connectivity index (χ3v) is 4.75. The molecule has 1 fully saturated rings. The van der Waals surface area contributed by atoms with E-state index in [4.69, 9.17) is 14.1 Å². The minimum absolute atomic E-state index is 0.0173. The lowest BCUT2D eigenvalue weighted by atomic mass is 10.1. The van der Waals surface area contributed by atoms with E-state index in [1.54, 1.807) is 11.9 Å². The molecule has 0 atom stereocenters. The fraction of sp³-hybridized carbons (Fsp3) is 0.353. The van der Waals surface area contributed by atoms with E-state index in [1.165, 1.54) is 0 Å². The number of nitrogens with zero attached hydrogens (tertiary/aromatic N) is 4. The molecule has 0 saturated carbocycles. The Labute approximate surface area is 137 Å². The van der Waals surface area contributed by atoms with E-state index in [0.29, 0.717) is 35.8 Å². The number of ether oxygens (including phenoxy) is 1. The first-order valence-corrected chi connectivity index (χ1v) is 7.99. The van der Waals surface area contributed by atoms with Crippen LogP contribution in [0.4, 0.5) is 11.5 Å². The minimum Gasteiger partial charge on any atom is -0.441 e. The summed E-state index contributed by atoms with van der Waals surface area (Å²) in [6.45, 7) is 4.69. The Morgan fingerprint density at radius 3 is 2.71 bits per heavy atom. The van der Waals surface area contributed by atoms with E-state index in [2.05, 4.69) is 9.88 Å². The molecule has 7 heteroatoms. The highest BCUT2D eigenvalue weighted by Gasteiger charge is 2.31. The van der Waals surface area contributed by atoms with Crippen molar-refractivity contribution in [3.63, 3.8) is 0 Å². The standard InChI is InChI=1S/C17H16N4O3/c1-9-18-15-12(24-9)8-11-14-10(17(22)20(11)2)7-13(19-16(14)15)21-3-5-23-6-4-21/h7-8H,3-6H2,1-2H3. The van der Waals surface area contributed by atoms with Crippen molar-refractivity contribution in [2.24, 2.45) is 0 Å². The van der Waals surface area contributed by atoms with Crippen LogP contribution in [0.5, 0.6) is 0 Å². The van der Waals surface area contributed by atoms with Crippen molar-refractivity contribution in [2.45, 2.75) is 6.92 Å². The highest BCUT2D eigenvalue weighted by atomic mass is 16.5. The number of aryl methyl sites for hydroxylation is 1. The van der Waals surface area contributed by atoms with Gasteiger partial charge in [-0.1, -0.05) is 0 Å². The van der Waals surface area contributed by atoms with Crippen molar-refractivity contribution in [2.75, 3.05) is 43.2 Å². The number of fused-ring (bicyclic) bond motifs is 2. The molecule has 1 aromatic carbocycles. The smallest absolute Gasteiger partial charge is 0.258 e. The third-order valence-electron chi connectivity index (χ3n) is 4.75. The van der Waals surface area contributed by atoms with Gasteiger partial charge in [0.15, 0.2) is 11.5 Å². The average Bonchev–Trinajstić information content (AvgIpc) is 3.09. The summed E-state index contributed by atoms with van der Waals surface area (Å²) >= 11 is 0. The Morgan fingerprint density at radius 1 is 1.12 bits per heavy atom. The molecule has 5 rings (SSSR count). The second-order valence-electron chi connectivity index (χ2n) is 6.19. The number of amides is 1. The van der Waals surface area contributed by atoms with Gasteiger partial charge in [0.1, 0.15) is 16.9 Å². The average molecular weight is 324 g/mol. The molecule has 1 saturated heterocycles. The molecule has 3 aromatic rings. The second kappa shape index (κ2) is 4.67. The topological polar surface area (TPSA) is 71.7 Å². The van der Waals surface area contributed by atoms with Crippen LogP contribution in [0.3, 0.4) is 0 Å². The van der Waals surface area contributed by atoms with Crippen molar-refractivity contribution in [1.82, 2.24) is 9.97 Å². The molecule has 24 heavy (non-hydrogen) atoms. The van der Waals surface area contributed by atoms with Gasteiger partial charge in [0.05, 0.1) is 24.5 Å². The molecule has 122 valence electrons. The molecular weight excluding hydrogens is 308 g/mol. The maximum atomic E-state index is 12.7. The Bertz CT molecular complexity index is 1000.